The predicted octanol–water partition coefficient (Wildman–Crippen LogP) is 4.64. The third-order valence-electron chi connectivity index (χ3n) is 4.38. The molecule has 30 heavy (non-hydrogen) atoms. The quantitative estimate of drug-likeness (QED) is 0.581. The maximum Gasteiger partial charge on any atom is 0.257 e. The molecule has 3 aromatic rings. The van der Waals surface area contributed by atoms with E-state index in [-0.39, 0.29) is 21.8 Å². The fourth-order valence-corrected chi connectivity index (χ4v) is 3.71. The number of sulfone groups is 1. The number of hydrogen-bond donors (Lipinski definition) is 2. The Balaban J connectivity index is 1.78. The topological polar surface area (TPSA) is 92.3 Å². The Labute approximate surface area is 179 Å². The van der Waals surface area contributed by atoms with Crippen LogP contribution >= 0.6 is 11.6 Å². The van der Waals surface area contributed by atoms with Crippen molar-refractivity contribution in [2.75, 3.05) is 16.4 Å². The van der Waals surface area contributed by atoms with E-state index in [4.69, 9.17) is 11.6 Å². The standard InChI is InChI=1S/C22H19ClN2O4S/c1-2-30(28,29)18-13-7-15(8-14-18)21(26)25-20-6-4-3-5-19(20)22(27)24-17-11-9-16(23)10-12-17/h3-14H,2H2,1H3,(H,24,27)(H,25,26). The summed E-state index contributed by atoms with van der Waals surface area (Å²) in [6.45, 7) is 1.56. The largest absolute Gasteiger partial charge is 0.322 e. The Kier molecular flexibility index (Phi) is 6.54. The van der Waals surface area contributed by atoms with Gasteiger partial charge in [0, 0.05) is 16.3 Å². The van der Waals surface area contributed by atoms with Gasteiger partial charge in [-0.2, -0.15) is 0 Å². The Morgan fingerprint density at radius 3 is 2.10 bits per heavy atom. The summed E-state index contributed by atoms with van der Waals surface area (Å²) < 4.78 is 23.8. The number of halogens is 1. The van der Waals surface area contributed by atoms with Crippen molar-refractivity contribution in [2.24, 2.45) is 0 Å². The average Bonchev–Trinajstić information content (AvgIpc) is 2.75. The molecule has 0 atom stereocenters. The summed E-state index contributed by atoms with van der Waals surface area (Å²) in [7, 11) is -3.34. The Morgan fingerprint density at radius 2 is 1.47 bits per heavy atom. The van der Waals surface area contributed by atoms with Crippen molar-refractivity contribution in [2.45, 2.75) is 11.8 Å². The number of benzene rings is 3. The van der Waals surface area contributed by atoms with Crippen LogP contribution in [0.15, 0.2) is 77.7 Å². The number of para-hydroxylation sites is 1. The Morgan fingerprint density at radius 1 is 0.833 bits per heavy atom. The van der Waals surface area contributed by atoms with E-state index in [1.165, 1.54) is 24.3 Å². The molecule has 2 amide bonds. The summed E-state index contributed by atoms with van der Waals surface area (Å²) in [6.07, 6.45) is 0. The molecule has 6 nitrogen and oxygen atoms in total. The summed E-state index contributed by atoms with van der Waals surface area (Å²) in [4.78, 5) is 25.4. The zero-order valence-electron chi connectivity index (χ0n) is 16.1. The second-order valence-electron chi connectivity index (χ2n) is 6.39. The monoisotopic (exact) mass is 442 g/mol. The molecule has 0 aliphatic carbocycles. The maximum atomic E-state index is 12.7. The molecule has 3 aromatic carbocycles. The third kappa shape index (κ3) is 5.06. The van der Waals surface area contributed by atoms with Crippen LogP contribution in [-0.4, -0.2) is 26.0 Å². The van der Waals surface area contributed by atoms with E-state index in [9.17, 15) is 18.0 Å². The Hall–Kier alpha value is -3.16. The van der Waals surface area contributed by atoms with E-state index in [1.807, 2.05) is 0 Å². The molecule has 0 bridgehead atoms. The molecule has 3 rings (SSSR count). The summed E-state index contributed by atoms with van der Waals surface area (Å²) in [6, 6.07) is 18.9. The fraction of sp³-hybridized carbons (Fsp3) is 0.0909. The van der Waals surface area contributed by atoms with Crippen molar-refractivity contribution in [1.82, 2.24) is 0 Å². The van der Waals surface area contributed by atoms with Crippen LogP contribution < -0.4 is 10.6 Å². The molecule has 0 heterocycles. The van der Waals surface area contributed by atoms with Gasteiger partial charge in [0.25, 0.3) is 11.8 Å². The minimum absolute atomic E-state index is 0.0192. The van der Waals surface area contributed by atoms with E-state index in [2.05, 4.69) is 10.6 Å². The number of rotatable bonds is 6. The average molecular weight is 443 g/mol. The van der Waals surface area contributed by atoms with E-state index in [1.54, 1.807) is 55.5 Å². The van der Waals surface area contributed by atoms with Gasteiger partial charge in [0.15, 0.2) is 9.84 Å². The van der Waals surface area contributed by atoms with Gasteiger partial charge in [-0.3, -0.25) is 9.59 Å². The fourth-order valence-electron chi connectivity index (χ4n) is 2.70. The summed E-state index contributed by atoms with van der Waals surface area (Å²) in [5.74, 6) is -0.867. The molecule has 2 N–H and O–H groups in total. The first-order valence-corrected chi connectivity index (χ1v) is 11.1. The molecule has 0 spiro atoms. The van der Waals surface area contributed by atoms with Gasteiger partial charge in [-0.15, -0.1) is 0 Å². The molecule has 0 aliphatic heterocycles. The SMILES string of the molecule is CCS(=O)(=O)c1ccc(C(=O)Nc2ccccc2C(=O)Nc2ccc(Cl)cc2)cc1. The van der Waals surface area contributed by atoms with Crippen LogP contribution in [0, 0.1) is 0 Å². The second-order valence-corrected chi connectivity index (χ2v) is 9.10. The number of nitrogens with one attached hydrogen (secondary N) is 2. The van der Waals surface area contributed by atoms with Gasteiger partial charge in [-0.1, -0.05) is 30.7 Å². The lowest BCUT2D eigenvalue weighted by Crippen LogP contribution is -2.18. The zero-order chi connectivity index (χ0) is 21.7. The zero-order valence-corrected chi connectivity index (χ0v) is 17.6. The first-order chi connectivity index (χ1) is 14.3. The van der Waals surface area contributed by atoms with E-state index in [0.717, 1.165) is 0 Å². The molecule has 154 valence electrons. The van der Waals surface area contributed by atoms with Crippen molar-refractivity contribution in [3.05, 3.63) is 88.9 Å². The van der Waals surface area contributed by atoms with Crippen molar-refractivity contribution < 1.29 is 18.0 Å². The van der Waals surface area contributed by atoms with Crippen LogP contribution in [0.1, 0.15) is 27.6 Å². The minimum Gasteiger partial charge on any atom is -0.322 e. The second kappa shape index (κ2) is 9.11. The van der Waals surface area contributed by atoms with Gasteiger partial charge >= 0.3 is 0 Å². The van der Waals surface area contributed by atoms with Crippen molar-refractivity contribution in [3.8, 4) is 0 Å². The van der Waals surface area contributed by atoms with Crippen LogP contribution in [0.25, 0.3) is 0 Å². The molecule has 0 fully saturated rings. The minimum atomic E-state index is -3.34. The molecule has 0 saturated heterocycles. The third-order valence-corrected chi connectivity index (χ3v) is 6.38. The molecular weight excluding hydrogens is 424 g/mol. The van der Waals surface area contributed by atoms with Crippen LogP contribution in [0.3, 0.4) is 0 Å². The molecule has 0 unspecified atom stereocenters. The first kappa shape index (κ1) is 21.5. The van der Waals surface area contributed by atoms with E-state index < -0.39 is 21.7 Å². The highest BCUT2D eigenvalue weighted by atomic mass is 35.5. The van der Waals surface area contributed by atoms with Crippen LogP contribution in [0.5, 0.6) is 0 Å². The lowest BCUT2D eigenvalue weighted by molar-refractivity contribution is 0.102. The number of hydrogen-bond acceptors (Lipinski definition) is 4. The summed E-state index contributed by atoms with van der Waals surface area (Å²) in [5, 5.41) is 6.01. The number of anilines is 2. The van der Waals surface area contributed by atoms with Gasteiger partial charge in [0.05, 0.1) is 21.9 Å². The van der Waals surface area contributed by atoms with Crippen LogP contribution in [0.4, 0.5) is 11.4 Å². The lowest BCUT2D eigenvalue weighted by atomic mass is 10.1. The van der Waals surface area contributed by atoms with Crippen LogP contribution in [-0.2, 0) is 9.84 Å². The van der Waals surface area contributed by atoms with E-state index >= 15 is 0 Å². The van der Waals surface area contributed by atoms with Crippen LogP contribution in [0.2, 0.25) is 5.02 Å². The molecule has 8 heteroatoms. The van der Waals surface area contributed by atoms with Gasteiger partial charge in [-0.25, -0.2) is 8.42 Å². The normalized spacial score (nSPS) is 11.0. The highest BCUT2D eigenvalue weighted by Gasteiger charge is 2.16. The molecule has 0 aromatic heterocycles. The lowest BCUT2D eigenvalue weighted by Gasteiger charge is -2.12. The molecular formula is C22H19ClN2O4S. The summed E-state index contributed by atoms with van der Waals surface area (Å²) in [5.41, 5.74) is 1.46. The highest BCUT2D eigenvalue weighted by Crippen LogP contribution is 2.20. The number of amides is 2. The smallest absolute Gasteiger partial charge is 0.257 e. The van der Waals surface area contributed by atoms with Gasteiger partial charge in [0.1, 0.15) is 0 Å². The van der Waals surface area contributed by atoms with Gasteiger partial charge < -0.3 is 10.6 Å². The van der Waals surface area contributed by atoms with Crippen molar-refractivity contribution in [1.29, 1.82) is 0 Å². The predicted molar refractivity (Wildman–Crippen MR) is 118 cm³/mol. The van der Waals surface area contributed by atoms with Crippen molar-refractivity contribution in [3.63, 3.8) is 0 Å². The molecule has 0 radical (unpaired) electrons. The Bertz CT molecular complexity index is 1170. The summed E-state index contributed by atoms with van der Waals surface area (Å²) >= 11 is 5.86. The van der Waals surface area contributed by atoms with Crippen molar-refractivity contribution >= 4 is 44.6 Å². The molecule has 0 aliphatic rings. The van der Waals surface area contributed by atoms with Gasteiger partial charge in [0.2, 0.25) is 0 Å². The highest BCUT2D eigenvalue weighted by molar-refractivity contribution is 7.91. The maximum absolute atomic E-state index is 12.7. The number of carbonyl (C=O) groups is 2. The number of carbonyl (C=O) groups excluding carboxylic acids is 2. The molecule has 0 saturated carbocycles. The van der Waals surface area contributed by atoms with Gasteiger partial charge in [-0.05, 0) is 60.7 Å². The first-order valence-electron chi connectivity index (χ1n) is 9.10. The van der Waals surface area contributed by atoms with E-state index in [0.29, 0.717) is 16.4 Å².